The van der Waals surface area contributed by atoms with E-state index in [2.05, 4.69) is 75.3 Å². The van der Waals surface area contributed by atoms with Crippen LogP contribution in [0.1, 0.15) is 83.2 Å². The van der Waals surface area contributed by atoms with Crippen molar-refractivity contribution in [2.45, 2.75) is 86.5 Å². The summed E-state index contributed by atoms with van der Waals surface area (Å²) in [6.45, 7) is 23.3. The molecule has 0 unspecified atom stereocenters. The van der Waals surface area contributed by atoms with Crippen LogP contribution in [0.4, 0.5) is 0 Å². The van der Waals surface area contributed by atoms with Gasteiger partial charge in [-0.05, 0) is 64.8 Å². The van der Waals surface area contributed by atoms with Gasteiger partial charge in [0.05, 0.1) is 0 Å². The van der Waals surface area contributed by atoms with Crippen LogP contribution < -0.4 is 0 Å². The second-order valence-electron chi connectivity index (χ2n) is 8.82. The average Bonchev–Trinajstić information content (AvgIpc) is 2.18. The Balaban J connectivity index is 3.75. The first-order chi connectivity index (χ1) is 8.85. The van der Waals surface area contributed by atoms with E-state index in [-0.39, 0.29) is 10.8 Å². The molecule has 0 atom stereocenters. The molecule has 0 saturated carbocycles. The van der Waals surface area contributed by atoms with Gasteiger partial charge in [-0.2, -0.15) is 0 Å². The fourth-order valence-electron chi connectivity index (χ4n) is 3.27. The average molecular weight is 274 g/mol. The predicted octanol–water partition coefficient (Wildman–Crippen LogP) is 6.10. The zero-order chi connectivity index (χ0) is 15.9. The lowest BCUT2D eigenvalue weighted by Crippen LogP contribution is -2.24. The summed E-state index contributed by atoms with van der Waals surface area (Å²) >= 11 is 0. The lowest BCUT2D eigenvalue weighted by Gasteiger charge is -2.33. The quantitative estimate of drug-likeness (QED) is 0.611. The van der Waals surface area contributed by atoms with Gasteiger partial charge in [0.1, 0.15) is 0 Å². The molecule has 0 fully saturated rings. The summed E-state index contributed by atoms with van der Waals surface area (Å²) in [4.78, 5) is 0. The van der Waals surface area contributed by atoms with Crippen molar-refractivity contribution in [3.63, 3.8) is 0 Å². The van der Waals surface area contributed by atoms with Crippen LogP contribution in [-0.4, -0.2) is 0 Å². The third kappa shape index (κ3) is 3.65. The fraction of sp³-hybridized carbons (Fsp3) is 0.700. The minimum Gasteiger partial charge on any atom is -0.0625 e. The van der Waals surface area contributed by atoms with Crippen molar-refractivity contribution in [2.24, 2.45) is 5.92 Å². The number of aryl methyl sites for hydroxylation is 1. The summed E-state index contributed by atoms with van der Waals surface area (Å²) < 4.78 is 0. The van der Waals surface area contributed by atoms with Crippen LogP contribution in [0.25, 0.3) is 0 Å². The molecule has 0 radical (unpaired) electrons. The van der Waals surface area contributed by atoms with E-state index in [9.17, 15) is 0 Å². The lowest BCUT2D eigenvalue weighted by molar-refractivity contribution is 0.533. The van der Waals surface area contributed by atoms with Crippen molar-refractivity contribution in [2.75, 3.05) is 0 Å². The van der Waals surface area contributed by atoms with Crippen LogP contribution in [0, 0.1) is 19.8 Å². The third-order valence-electron chi connectivity index (χ3n) is 4.12. The zero-order valence-corrected chi connectivity index (χ0v) is 15.4. The Bertz CT molecular complexity index is 476. The predicted molar refractivity (Wildman–Crippen MR) is 91.9 cm³/mol. The van der Waals surface area contributed by atoms with Gasteiger partial charge in [0.2, 0.25) is 0 Å². The van der Waals surface area contributed by atoms with Crippen LogP contribution in [0.15, 0.2) is 6.07 Å². The van der Waals surface area contributed by atoms with Gasteiger partial charge in [-0.1, -0.05) is 61.5 Å². The molecule has 0 amide bonds. The molecule has 1 aromatic carbocycles. The zero-order valence-electron chi connectivity index (χ0n) is 15.4. The summed E-state index contributed by atoms with van der Waals surface area (Å²) in [6.07, 6.45) is 1.18. The Labute approximate surface area is 127 Å². The monoisotopic (exact) mass is 274 g/mol. The first kappa shape index (κ1) is 17.3. The highest BCUT2D eigenvalue weighted by atomic mass is 14.3. The highest BCUT2D eigenvalue weighted by molar-refractivity contribution is 5.50. The fourth-order valence-corrected chi connectivity index (χ4v) is 3.27. The molecule has 1 rings (SSSR count). The summed E-state index contributed by atoms with van der Waals surface area (Å²) in [5, 5.41) is 0. The second-order valence-corrected chi connectivity index (χ2v) is 8.82. The number of rotatable bonds is 2. The molecule has 1 aromatic rings. The number of benzene rings is 1. The van der Waals surface area contributed by atoms with Crippen molar-refractivity contribution in [3.05, 3.63) is 33.9 Å². The van der Waals surface area contributed by atoms with E-state index in [1.165, 1.54) is 17.5 Å². The molecule has 0 N–H and O–H groups in total. The van der Waals surface area contributed by atoms with Crippen molar-refractivity contribution >= 4 is 0 Å². The molecule has 0 spiro atoms. The lowest BCUT2D eigenvalue weighted by atomic mass is 9.71. The van der Waals surface area contributed by atoms with Crippen molar-refractivity contribution in [1.82, 2.24) is 0 Å². The van der Waals surface area contributed by atoms with Gasteiger partial charge < -0.3 is 0 Å². The van der Waals surface area contributed by atoms with E-state index in [1.54, 1.807) is 16.7 Å². The van der Waals surface area contributed by atoms with Crippen molar-refractivity contribution < 1.29 is 0 Å². The van der Waals surface area contributed by atoms with E-state index in [0.29, 0.717) is 5.92 Å². The van der Waals surface area contributed by atoms with Crippen LogP contribution in [0.5, 0.6) is 0 Å². The Morgan fingerprint density at radius 3 is 1.75 bits per heavy atom. The largest absolute Gasteiger partial charge is 0.0625 e. The molecule has 20 heavy (non-hydrogen) atoms. The minimum atomic E-state index is 0.209. The maximum atomic E-state index is 2.43. The Morgan fingerprint density at radius 1 is 0.900 bits per heavy atom. The van der Waals surface area contributed by atoms with Crippen LogP contribution in [0.3, 0.4) is 0 Å². The van der Waals surface area contributed by atoms with Crippen molar-refractivity contribution in [1.29, 1.82) is 0 Å². The van der Waals surface area contributed by atoms with Gasteiger partial charge in [0.25, 0.3) is 0 Å². The maximum Gasteiger partial charge on any atom is -0.0126 e. The summed E-state index contributed by atoms with van der Waals surface area (Å²) in [5.74, 6) is 0.694. The van der Waals surface area contributed by atoms with Crippen molar-refractivity contribution in [3.8, 4) is 0 Å². The van der Waals surface area contributed by atoms with Gasteiger partial charge in [0.15, 0.2) is 0 Å². The second kappa shape index (κ2) is 5.54. The third-order valence-corrected chi connectivity index (χ3v) is 4.12. The Morgan fingerprint density at radius 2 is 1.40 bits per heavy atom. The van der Waals surface area contributed by atoms with E-state index < -0.39 is 0 Å². The smallest absolute Gasteiger partial charge is 0.0126 e. The first-order valence-electron chi connectivity index (χ1n) is 7.99. The Kier molecular flexibility index (Phi) is 4.79. The molecule has 0 aromatic heterocycles. The van der Waals surface area contributed by atoms with Gasteiger partial charge in [-0.3, -0.25) is 0 Å². The van der Waals surface area contributed by atoms with E-state index in [4.69, 9.17) is 0 Å². The minimum absolute atomic E-state index is 0.209. The summed E-state index contributed by atoms with van der Waals surface area (Å²) in [6, 6.07) is 2.43. The summed E-state index contributed by atoms with van der Waals surface area (Å²) in [7, 11) is 0. The maximum absolute atomic E-state index is 2.43. The van der Waals surface area contributed by atoms with Gasteiger partial charge in [-0.25, -0.2) is 0 Å². The molecule has 0 aliphatic heterocycles. The van der Waals surface area contributed by atoms with Gasteiger partial charge >= 0.3 is 0 Å². The number of hydrogen-bond acceptors (Lipinski definition) is 0. The molecule has 114 valence electrons. The normalized spacial score (nSPS) is 13.2. The van der Waals surface area contributed by atoms with Gasteiger partial charge in [-0.15, -0.1) is 0 Å². The molecule has 0 aliphatic rings. The van der Waals surface area contributed by atoms with Crippen LogP contribution in [0.2, 0.25) is 0 Å². The summed E-state index contributed by atoms with van der Waals surface area (Å²) in [5.41, 5.74) is 8.06. The van der Waals surface area contributed by atoms with Gasteiger partial charge in [0, 0.05) is 0 Å². The molecule has 0 saturated heterocycles. The van der Waals surface area contributed by atoms with E-state index in [1.807, 2.05) is 0 Å². The topological polar surface area (TPSA) is 0 Å². The standard InChI is InChI=1S/C20H34/c1-13(2)11-16-17(19(5,6)7)12-14(3)15(4)18(16)20(8,9)10/h12-13H,11H2,1-10H3. The van der Waals surface area contributed by atoms with E-state index in [0.717, 1.165) is 0 Å². The molecular weight excluding hydrogens is 240 g/mol. The molecule has 0 bridgehead atoms. The highest BCUT2D eigenvalue weighted by Gasteiger charge is 2.28. The molecule has 0 aliphatic carbocycles. The molecular formula is C20H34. The first-order valence-corrected chi connectivity index (χ1v) is 7.99. The highest BCUT2D eigenvalue weighted by Crippen LogP contribution is 2.38. The molecule has 0 heteroatoms. The van der Waals surface area contributed by atoms with Crippen LogP contribution >= 0.6 is 0 Å². The Hall–Kier alpha value is -0.780. The number of hydrogen-bond donors (Lipinski definition) is 0. The SMILES string of the molecule is Cc1cc(C(C)(C)C)c(CC(C)C)c(C(C)(C)C)c1C. The van der Waals surface area contributed by atoms with Crippen LogP contribution in [-0.2, 0) is 17.3 Å². The molecule has 0 nitrogen and oxygen atoms in total. The van der Waals surface area contributed by atoms with E-state index >= 15 is 0 Å². The molecule has 0 heterocycles.